The molecule has 4 aromatic rings. The Kier molecular flexibility index (Phi) is 5.12. The molecule has 10 heteroatoms. The van der Waals surface area contributed by atoms with E-state index in [0.717, 1.165) is 16.2 Å². The Balaban J connectivity index is 1.62. The maximum Gasteiger partial charge on any atom is 0.420 e. The number of nitro groups is 1. The summed E-state index contributed by atoms with van der Waals surface area (Å²) < 4.78 is 11.6. The zero-order valence-electron chi connectivity index (χ0n) is 15.6. The number of hydrogen-bond donors (Lipinski definition) is 0. The molecule has 0 N–H and O–H groups in total. The van der Waals surface area contributed by atoms with Crippen molar-refractivity contribution in [1.29, 1.82) is 0 Å². The first-order valence-electron chi connectivity index (χ1n) is 8.98. The Morgan fingerprint density at radius 2 is 2.07 bits per heavy atom. The second kappa shape index (κ2) is 8.03. The van der Waals surface area contributed by atoms with E-state index >= 15 is 0 Å². The minimum Gasteiger partial charge on any atom is -0.467 e. The highest BCUT2D eigenvalue weighted by molar-refractivity contribution is 5.80. The normalized spacial score (nSPS) is 10.9. The number of non-ortho nitro benzene ring substituents is 1. The summed E-state index contributed by atoms with van der Waals surface area (Å²) in [5, 5.41) is 10.9. The third-order valence-electron chi connectivity index (χ3n) is 4.53. The summed E-state index contributed by atoms with van der Waals surface area (Å²) in [5.74, 6) is -0.524. The van der Waals surface area contributed by atoms with Gasteiger partial charge in [-0.15, -0.1) is 0 Å². The minimum atomic E-state index is -0.766. The van der Waals surface area contributed by atoms with Crippen LogP contribution in [0.5, 0.6) is 0 Å². The van der Waals surface area contributed by atoms with Crippen molar-refractivity contribution in [3.05, 3.63) is 93.1 Å². The van der Waals surface area contributed by atoms with Crippen LogP contribution in [0, 0.1) is 10.1 Å². The van der Waals surface area contributed by atoms with Gasteiger partial charge >= 0.3 is 5.76 Å². The minimum absolute atomic E-state index is 0.0480. The van der Waals surface area contributed by atoms with Crippen molar-refractivity contribution in [1.82, 2.24) is 14.5 Å². The zero-order chi connectivity index (χ0) is 21.1. The average Bonchev–Trinajstić information content (AvgIpc) is 3.35. The van der Waals surface area contributed by atoms with Crippen LogP contribution in [0.4, 0.5) is 5.69 Å². The van der Waals surface area contributed by atoms with E-state index < -0.39 is 10.7 Å². The average molecular weight is 408 g/mol. The molecule has 0 saturated carbocycles. The first-order valence-corrected chi connectivity index (χ1v) is 8.98. The lowest BCUT2D eigenvalue weighted by molar-refractivity contribution is -0.384. The Hall–Kier alpha value is -4.21. The zero-order valence-corrected chi connectivity index (χ0v) is 15.6. The number of nitro benzene ring substituents is 1. The van der Waals surface area contributed by atoms with E-state index in [9.17, 15) is 19.7 Å². The number of carbonyl (C=O) groups is 1. The number of oxazole rings is 1. The molecule has 4 rings (SSSR count). The number of benzene rings is 1. The number of nitrogens with zero attached hydrogens (tertiary/aromatic N) is 4. The van der Waals surface area contributed by atoms with Gasteiger partial charge in [0, 0.05) is 25.0 Å². The molecule has 10 nitrogen and oxygen atoms in total. The Bertz CT molecular complexity index is 1240. The Morgan fingerprint density at radius 1 is 1.20 bits per heavy atom. The van der Waals surface area contributed by atoms with Crippen molar-refractivity contribution in [2.24, 2.45) is 0 Å². The maximum absolute atomic E-state index is 13.1. The van der Waals surface area contributed by atoms with E-state index in [2.05, 4.69) is 4.98 Å². The summed E-state index contributed by atoms with van der Waals surface area (Å²) in [4.78, 5) is 41.3. The van der Waals surface area contributed by atoms with Crippen LogP contribution in [0.25, 0.3) is 11.1 Å². The van der Waals surface area contributed by atoms with Crippen molar-refractivity contribution in [2.75, 3.05) is 0 Å². The summed E-state index contributed by atoms with van der Waals surface area (Å²) in [5.41, 5.74) is 0.966. The standard InChI is InChI=1S/C20H16N4O6/c25-19(13-23-17-6-5-15(24(27)28)9-18(17)30-20(23)26)22(12-16-4-2-8-29-16)11-14-3-1-7-21-10-14/h1-10H,11-13H2. The number of fused-ring (bicyclic) bond motifs is 1. The lowest BCUT2D eigenvalue weighted by Crippen LogP contribution is -2.34. The van der Waals surface area contributed by atoms with Crippen molar-refractivity contribution in [3.8, 4) is 0 Å². The first kappa shape index (κ1) is 19.1. The molecule has 0 aliphatic heterocycles. The molecule has 0 aliphatic rings. The van der Waals surface area contributed by atoms with Crippen molar-refractivity contribution >= 4 is 22.7 Å². The Morgan fingerprint density at radius 3 is 2.77 bits per heavy atom. The van der Waals surface area contributed by atoms with Gasteiger partial charge < -0.3 is 13.7 Å². The number of pyridine rings is 1. The van der Waals surface area contributed by atoms with Crippen molar-refractivity contribution in [2.45, 2.75) is 19.6 Å². The number of rotatable bonds is 7. The van der Waals surface area contributed by atoms with Gasteiger partial charge in [0.1, 0.15) is 12.3 Å². The molecule has 3 heterocycles. The molecular formula is C20H16N4O6. The third-order valence-corrected chi connectivity index (χ3v) is 4.53. The fourth-order valence-corrected chi connectivity index (χ4v) is 3.09. The molecule has 0 aliphatic carbocycles. The lowest BCUT2D eigenvalue weighted by atomic mass is 10.2. The predicted molar refractivity (Wildman–Crippen MR) is 104 cm³/mol. The van der Waals surface area contributed by atoms with Crippen molar-refractivity contribution in [3.63, 3.8) is 0 Å². The SMILES string of the molecule is O=C(Cn1c(=O)oc2cc([N+](=O)[O-])ccc21)N(Cc1cccnc1)Cc1ccco1. The monoisotopic (exact) mass is 408 g/mol. The van der Waals surface area contributed by atoms with Gasteiger partial charge in [-0.25, -0.2) is 4.79 Å². The number of aromatic nitrogens is 2. The van der Waals surface area contributed by atoms with E-state index in [1.807, 2.05) is 6.07 Å². The van der Waals surface area contributed by atoms with Gasteiger partial charge in [-0.2, -0.15) is 0 Å². The topological polar surface area (TPSA) is 125 Å². The van der Waals surface area contributed by atoms with E-state index in [1.165, 1.54) is 23.3 Å². The molecule has 1 aromatic carbocycles. The molecule has 30 heavy (non-hydrogen) atoms. The summed E-state index contributed by atoms with van der Waals surface area (Å²) >= 11 is 0. The van der Waals surface area contributed by atoms with E-state index in [1.54, 1.807) is 30.6 Å². The molecule has 152 valence electrons. The highest BCUT2D eigenvalue weighted by Gasteiger charge is 2.21. The summed E-state index contributed by atoms with van der Waals surface area (Å²) in [7, 11) is 0. The van der Waals surface area contributed by atoms with E-state index in [0.29, 0.717) is 11.3 Å². The van der Waals surface area contributed by atoms with Gasteiger partial charge in [-0.1, -0.05) is 6.07 Å². The third kappa shape index (κ3) is 3.97. The molecule has 0 saturated heterocycles. The maximum atomic E-state index is 13.1. The quantitative estimate of drug-likeness (QED) is 0.340. The van der Waals surface area contributed by atoms with Crippen LogP contribution in [0.3, 0.4) is 0 Å². The summed E-state index contributed by atoms with van der Waals surface area (Å²) in [6.07, 6.45) is 4.81. The van der Waals surface area contributed by atoms with Gasteiger partial charge in [0.05, 0.1) is 29.3 Å². The van der Waals surface area contributed by atoms with E-state index in [4.69, 9.17) is 8.83 Å². The number of hydrogen-bond acceptors (Lipinski definition) is 7. The number of amides is 1. The second-order valence-corrected chi connectivity index (χ2v) is 6.55. The highest BCUT2D eigenvalue weighted by Crippen LogP contribution is 2.20. The summed E-state index contributed by atoms with van der Waals surface area (Å²) in [6, 6.07) is 10.9. The summed E-state index contributed by atoms with van der Waals surface area (Å²) in [6.45, 7) is 0.185. The number of furan rings is 1. The smallest absolute Gasteiger partial charge is 0.420 e. The van der Waals surface area contributed by atoms with Gasteiger partial charge in [-0.3, -0.25) is 24.5 Å². The predicted octanol–water partition coefficient (Wildman–Crippen LogP) is 2.72. The highest BCUT2D eigenvalue weighted by atomic mass is 16.6. The molecule has 0 fully saturated rings. The fourth-order valence-electron chi connectivity index (χ4n) is 3.09. The van der Waals surface area contributed by atoms with Crippen LogP contribution in [-0.2, 0) is 24.4 Å². The Labute approximate surface area is 169 Å². The molecule has 0 bridgehead atoms. The van der Waals surface area contributed by atoms with E-state index in [-0.39, 0.29) is 36.8 Å². The van der Waals surface area contributed by atoms with Gasteiger partial charge in [0.2, 0.25) is 5.91 Å². The van der Waals surface area contributed by atoms with Gasteiger partial charge in [0.25, 0.3) is 5.69 Å². The van der Waals surface area contributed by atoms with Crippen molar-refractivity contribution < 1.29 is 18.6 Å². The lowest BCUT2D eigenvalue weighted by Gasteiger charge is -2.22. The van der Waals surface area contributed by atoms with Crippen LogP contribution in [0.2, 0.25) is 0 Å². The van der Waals surface area contributed by atoms with Crippen LogP contribution in [-0.4, -0.2) is 25.3 Å². The number of carbonyl (C=O) groups excluding carboxylic acids is 1. The molecule has 0 radical (unpaired) electrons. The van der Waals surface area contributed by atoms with Crippen LogP contribution < -0.4 is 5.76 Å². The molecule has 3 aromatic heterocycles. The van der Waals surface area contributed by atoms with Crippen LogP contribution >= 0.6 is 0 Å². The largest absolute Gasteiger partial charge is 0.467 e. The van der Waals surface area contributed by atoms with Gasteiger partial charge in [-0.05, 0) is 29.8 Å². The molecule has 0 atom stereocenters. The fraction of sp³-hybridized carbons (Fsp3) is 0.150. The van der Waals surface area contributed by atoms with Crippen LogP contribution in [0.1, 0.15) is 11.3 Å². The molecule has 0 spiro atoms. The molecule has 0 unspecified atom stereocenters. The first-order chi connectivity index (χ1) is 14.5. The van der Waals surface area contributed by atoms with Gasteiger partial charge in [0.15, 0.2) is 5.58 Å². The van der Waals surface area contributed by atoms with Crippen LogP contribution in [0.15, 0.2) is 74.8 Å². The molecule has 1 amide bonds. The molecular weight excluding hydrogens is 392 g/mol. The second-order valence-electron chi connectivity index (χ2n) is 6.55.